The molecule has 0 unspecified atom stereocenters. The molecule has 23 aromatic rings. The Morgan fingerprint density at radius 3 is 1.02 bits per heavy atom. The van der Waals surface area contributed by atoms with E-state index in [1.807, 2.05) is 142 Å². The lowest BCUT2D eigenvalue weighted by molar-refractivity contribution is -0.659. The number of rotatable bonds is 12. The molecule has 0 amide bonds. The Labute approximate surface area is 750 Å². The Morgan fingerprint density at radius 2 is 0.580 bits per heavy atom. The fraction of sp³-hybridized carbons (Fsp3) is 0.0973. The number of aromatic nitrogens is 8. The number of fused-ring (bicyclic) bond motifs is 12. The molecule has 0 fully saturated rings. The van der Waals surface area contributed by atoms with Gasteiger partial charge in [0.2, 0.25) is 0 Å². The van der Waals surface area contributed by atoms with Gasteiger partial charge in [0.1, 0.15) is 152 Å². The molecule has 0 aliphatic heterocycles. The molecule has 0 saturated carbocycles. The molecular weight excluding hydrogens is 1650 g/mol. The van der Waals surface area contributed by atoms with Gasteiger partial charge in [-0.05, 0) is 170 Å². The van der Waals surface area contributed by atoms with E-state index in [1.165, 1.54) is 53.1 Å². The van der Waals surface area contributed by atoms with E-state index >= 15 is 0 Å². The zero-order chi connectivity index (χ0) is 90.3. The highest BCUT2D eigenvalue weighted by molar-refractivity contribution is 6.10. The van der Waals surface area contributed by atoms with Crippen LogP contribution in [0.1, 0.15) is 47.6 Å². The summed E-state index contributed by atoms with van der Waals surface area (Å²) in [5, 5.41) is 5.65. The van der Waals surface area contributed by atoms with Gasteiger partial charge in [-0.3, -0.25) is 0 Å². The van der Waals surface area contributed by atoms with Crippen molar-refractivity contribution in [2.45, 2.75) is 47.5 Å². The van der Waals surface area contributed by atoms with Crippen molar-refractivity contribution in [3.05, 3.63) is 410 Å². The van der Waals surface area contributed by atoms with E-state index in [-0.39, 0.29) is 22.8 Å². The molecule has 0 N–H and O–H groups in total. The van der Waals surface area contributed by atoms with E-state index in [0.717, 1.165) is 158 Å². The minimum atomic E-state index is -0.648. The topological polar surface area (TPSA) is 87.8 Å². The van der Waals surface area contributed by atoms with E-state index in [2.05, 4.69) is 250 Å². The highest BCUT2D eigenvalue weighted by Crippen LogP contribution is 2.45. The minimum absolute atomic E-state index is 0.215. The summed E-state index contributed by atoms with van der Waals surface area (Å²) in [6, 6.07) is 94.6. The fourth-order valence-corrected chi connectivity index (χ4v) is 18.5. The molecule has 0 radical (unpaired) electrons. The third-order valence-corrected chi connectivity index (χ3v) is 24.7. The predicted octanol–water partition coefficient (Wildman–Crippen LogP) is 27.7. The minimum Gasteiger partial charge on any atom is -0.456 e. The van der Waals surface area contributed by atoms with Gasteiger partial charge in [0.15, 0.2) is 0 Å². The van der Waals surface area contributed by atoms with Gasteiger partial charge in [-0.15, -0.1) is 0 Å². The maximum Gasteiger partial charge on any atom is 0.294 e. The lowest BCUT2D eigenvalue weighted by atomic mass is 9.95. The van der Waals surface area contributed by atoms with Crippen LogP contribution < -0.4 is 18.3 Å². The number of halogens is 6. The summed E-state index contributed by atoms with van der Waals surface area (Å²) in [4.78, 5) is 0. The van der Waals surface area contributed by atoms with Crippen LogP contribution in [0, 0.1) is 62.6 Å². The molecule has 8 aromatic heterocycles. The number of aryl methyl sites for hydroxylation is 8. The lowest BCUT2D eigenvalue weighted by Gasteiger charge is -2.15. The van der Waals surface area contributed by atoms with Gasteiger partial charge in [0, 0.05) is 91.0 Å². The molecule has 0 spiro atoms. The van der Waals surface area contributed by atoms with Crippen LogP contribution in [0.2, 0.25) is 0 Å². The van der Waals surface area contributed by atoms with E-state index in [9.17, 15) is 26.3 Å². The van der Waals surface area contributed by atoms with Crippen LogP contribution in [0.25, 0.3) is 189 Å². The second-order valence-electron chi connectivity index (χ2n) is 33.6. The summed E-state index contributed by atoms with van der Waals surface area (Å²) < 4.78 is 125. The van der Waals surface area contributed by atoms with Gasteiger partial charge in [-0.25, -0.2) is 44.6 Å². The van der Waals surface area contributed by atoms with Crippen LogP contribution in [-0.2, 0) is 28.2 Å². The van der Waals surface area contributed by atoms with Gasteiger partial charge in [-0.1, -0.05) is 178 Å². The number of nitrogens with zero attached hydrogens (tertiary/aromatic N) is 8. The van der Waals surface area contributed by atoms with Crippen LogP contribution in [0.5, 0.6) is 0 Å². The van der Waals surface area contributed by atoms with Gasteiger partial charge >= 0.3 is 0 Å². The molecule has 15 aromatic carbocycles. The third-order valence-electron chi connectivity index (χ3n) is 24.7. The van der Waals surface area contributed by atoms with Crippen molar-refractivity contribution in [2.24, 2.45) is 28.2 Å². The van der Waals surface area contributed by atoms with Crippen LogP contribution in [0.3, 0.4) is 0 Å². The second-order valence-corrected chi connectivity index (χ2v) is 33.6. The Bertz CT molecular complexity index is 8320. The summed E-state index contributed by atoms with van der Waals surface area (Å²) >= 11 is 0. The molecule has 23 rings (SSSR count). The van der Waals surface area contributed by atoms with Gasteiger partial charge in [-0.2, -0.15) is 18.3 Å². The van der Waals surface area contributed by atoms with Crippen LogP contribution in [0.4, 0.5) is 26.3 Å². The molecule has 0 aliphatic carbocycles. The molecule has 131 heavy (non-hydrogen) atoms. The van der Waals surface area contributed by atoms with Crippen molar-refractivity contribution < 1.29 is 62.3 Å². The van der Waals surface area contributed by atoms with Crippen molar-refractivity contribution in [3.63, 3.8) is 0 Å². The molecule has 0 aliphatic rings. The SMILES string of the molecule is Cc1cc2oc3cc(F)cc(F)c3c2cc1-c1n(-c2ccccc2)cc[n+]1C.Cc1cc2oc3cc(F)cc(F)c3c2cc1-c1n(-c2ccccc2C(C)C)cc[n+]1C.Cc1cc2oc3cc(F)ccc3c2cc1-c1n(-c2c(-c3ccccc3)cccc2-c2ccccc2)cc[n+]1C.Cc1cc2oc3cc(F)ccc3c2cc1-c1n(-c2ccccc2-c2ccccc2)cc[n+]1C. The first-order valence-electron chi connectivity index (χ1n) is 43.3. The highest BCUT2D eigenvalue weighted by atomic mass is 19.2. The third kappa shape index (κ3) is 15.2. The molecule has 642 valence electrons. The average molecular weight is 1740 g/mol. The van der Waals surface area contributed by atoms with Crippen molar-refractivity contribution in [1.82, 2.24) is 18.3 Å². The van der Waals surface area contributed by atoms with E-state index in [0.29, 0.717) is 49.8 Å². The van der Waals surface area contributed by atoms with Gasteiger partial charge in [0.05, 0.1) is 61.2 Å². The molecule has 0 saturated heterocycles. The van der Waals surface area contributed by atoms with E-state index in [4.69, 9.17) is 17.7 Å². The summed E-state index contributed by atoms with van der Waals surface area (Å²) in [5.74, 6) is 1.28. The molecule has 8 heterocycles. The maximum atomic E-state index is 14.6. The van der Waals surface area contributed by atoms with E-state index < -0.39 is 23.3 Å². The van der Waals surface area contributed by atoms with Crippen LogP contribution in [-0.4, -0.2) is 18.3 Å². The zero-order valence-electron chi connectivity index (χ0n) is 73.5. The molecular formula is C113H88F6N8O4+4. The normalized spacial score (nSPS) is 11.6. The van der Waals surface area contributed by atoms with Crippen LogP contribution in [0.15, 0.2) is 364 Å². The Hall–Kier alpha value is -16.1. The number of hydrogen-bond donors (Lipinski definition) is 0. The molecule has 12 nitrogen and oxygen atoms in total. The van der Waals surface area contributed by atoms with Gasteiger partial charge in [0.25, 0.3) is 23.3 Å². The first-order valence-corrected chi connectivity index (χ1v) is 43.3. The molecule has 0 bridgehead atoms. The number of imidazole rings is 4. The van der Waals surface area contributed by atoms with E-state index in [1.54, 1.807) is 12.1 Å². The van der Waals surface area contributed by atoms with Crippen LogP contribution >= 0.6 is 0 Å². The number of benzene rings is 15. The van der Waals surface area contributed by atoms with Crippen molar-refractivity contribution in [3.8, 4) is 102 Å². The molecule has 18 heteroatoms. The smallest absolute Gasteiger partial charge is 0.294 e. The maximum absolute atomic E-state index is 14.6. The fourth-order valence-electron chi connectivity index (χ4n) is 18.5. The lowest BCUT2D eigenvalue weighted by Crippen LogP contribution is -2.29. The first kappa shape index (κ1) is 83.2. The Balaban J connectivity index is 0.000000110. The van der Waals surface area contributed by atoms with Crippen molar-refractivity contribution >= 4 is 87.8 Å². The standard InChI is InChI=1S/C35H26FN2O.C29H22FN2O.C26H23F2N2O.C23H17F2N2O/c1-23-20-32-31(29-17-16-26(36)21-33(29)39-32)22-30(23)35-37(2)18-19-38(35)34-27(24-10-5-3-6-11-24)14-9-15-28(34)25-12-7-4-8-13-25;1-19-16-27-25(23-13-12-21(30)17-28(23)33-27)18-24(19)29-31(2)14-15-32(29)26-11-7-6-10-22(26)20-8-4-3-5-9-20;1-15(2)18-7-5-6-8-22(18)30-10-9-29(4)26(30)19-14-20-23(11-16(19)3)31-24-13-17(27)12-21(28)25(20)24;1-14-10-20-18(22-19(25)11-15(24)12-21(22)28-20)13-17(14)23-26(2)8-9-27(23)16-6-4-3-5-7-16/h3-22H,1-2H3;3-18H,1-2H3;5-15H,1-4H3;3-13H,1-2H3/q4*+1. The average Bonchev–Trinajstić information content (AvgIpc) is 1.74. The quantitative estimate of drug-likeness (QED) is 0.0901. The Morgan fingerprint density at radius 1 is 0.260 bits per heavy atom. The summed E-state index contributed by atoms with van der Waals surface area (Å²) in [6.45, 7) is 12.5. The first-order chi connectivity index (χ1) is 63.5. The molecule has 0 atom stereocenters. The summed E-state index contributed by atoms with van der Waals surface area (Å²) in [7, 11) is 8.10. The number of para-hydroxylation sites is 4. The Kier molecular flexibility index (Phi) is 21.5. The summed E-state index contributed by atoms with van der Waals surface area (Å²) in [6.07, 6.45) is 16.4. The number of furan rings is 4. The van der Waals surface area contributed by atoms with Gasteiger partial charge < -0.3 is 17.7 Å². The summed E-state index contributed by atoms with van der Waals surface area (Å²) in [5.41, 5.74) is 25.0. The zero-order valence-corrected chi connectivity index (χ0v) is 73.5. The largest absolute Gasteiger partial charge is 0.456 e. The highest BCUT2D eigenvalue weighted by Gasteiger charge is 2.32. The second kappa shape index (κ2) is 33.9. The predicted molar refractivity (Wildman–Crippen MR) is 508 cm³/mol. The number of hydrogen-bond acceptors (Lipinski definition) is 4. The van der Waals surface area contributed by atoms with Crippen molar-refractivity contribution in [2.75, 3.05) is 0 Å². The van der Waals surface area contributed by atoms with Crippen molar-refractivity contribution in [1.29, 1.82) is 0 Å². The monoisotopic (exact) mass is 1730 g/mol.